The molecule has 1 unspecified atom stereocenters. The number of benzene rings is 2. The van der Waals surface area contributed by atoms with Crippen LogP contribution < -0.4 is 10.0 Å². The van der Waals surface area contributed by atoms with Crippen LogP contribution in [0.3, 0.4) is 0 Å². The molecule has 1 aliphatic heterocycles. The average Bonchev–Trinajstić information content (AvgIpc) is 3.74. The van der Waals surface area contributed by atoms with E-state index in [9.17, 15) is 19.9 Å². The predicted molar refractivity (Wildman–Crippen MR) is 155 cm³/mol. The van der Waals surface area contributed by atoms with Gasteiger partial charge in [-0.3, -0.25) is 9.48 Å². The molecule has 0 saturated carbocycles. The van der Waals surface area contributed by atoms with E-state index in [1.165, 1.54) is 29.3 Å². The molecule has 1 amide bonds. The quantitative estimate of drug-likeness (QED) is 0.202. The van der Waals surface area contributed by atoms with Crippen molar-refractivity contribution in [1.29, 1.82) is 0 Å². The maximum Gasteiger partial charge on any atom is 0.335 e. The summed E-state index contributed by atoms with van der Waals surface area (Å²) in [5, 5.41) is 42.5. The molecule has 2 N–H and O–H groups in total. The van der Waals surface area contributed by atoms with Crippen LogP contribution in [0, 0.1) is 5.21 Å². The highest BCUT2D eigenvalue weighted by Gasteiger charge is 2.29. The molecule has 1 aliphatic rings. The number of carbonyl (C=O) groups excluding carboxylic acids is 1. The number of tetrazole rings is 1. The minimum atomic E-state index is -1.01. The van der Waals surface area contributed by atoms with Crippen LogP contribution in [-0.4, -0.2) is 78.0 Å². The number of aromatic carboxylic acids is 1. The molecular weight excluding hydrogens is 574 g/mol. The average molecular weight is 600 g/mol. The van der Waals surface area contributed by atoms with Crippen molar-refractivity contribution in [1.82, 2.24) is 40.2 Å². The van der Waals surface area contributed by atoms with E-state index in [0.29, 0.717) is 53.7 Å². The molecule has 1 atom stereocenters. The molecule has 218 valence electrons. The Morgan fingerprint density at radius 2 is 1.81 bits per heavy atom. The van der Waals surface area contributed by atoms with E-state index in [4.69, 9.17) is 11.6 Å². The lowest BCUT2D eigenvalue weighted by Crippen LogP contribution is -2.47. The second kappa shape index (κ2) is 12.0. The number of carboxylic acid groups (broad SMARTS) is 1. The molecule has 13 nitrogen and oxygen atoms in total. The number of amides is 1. The third-order valence-electron chi connectivity index (χ3n) is 7.38. The monoisotopic (exact) mass is 599 g/mol. The first-order valence-electron chi connectivity index (χ1n) is 13.5. The number of nitrogens with one attached hydrogen (secondary N) is 1. The number of hydrogen-bond acceptors (Lipinski definition) is 8. The normalized spacial score (nSPS) is 14.0. The van der Waals surface area contributed by atoms with Gasteiger partial charge in [-0.1, -0.05) is 23.7 Å². The van der Waals surface area contributed by atoms with Gasteiger partial charge in [-0.25, -0.2) is 4.79 Å². The van der Waals surface area contributed by atoms with E-state index in [1.54, 1.807) is 64.4 Å². The Morgan fingerprint density at radius 1 is 1.05 bits per heavy atom. The maximum absolute atomic E-state index is 13.7. The van der Waals surface area contributed by atoms with Crippen molar-refractivity contribution in [3.8, 4) is 27.9 Å². The zero-order chi connectivity index (χ0) is 29.9. The molecule has 6 rings (SSSR count). The molecule has 1 saturated heterocycles. The minimum Gasteiger partial charge on any atom is -0.618 e. The third-order valence-corrected chi connectivity index (χ3v) is 7.61. The molecule has 14 heteroatoms. The van der Waals surface area contributed by atoms with Crippen molar-refractivity contribution in [3.05, 3.63) is 101 Å². The number of pyridine rings is 1. The van der Waals surface area contributed by atoms with Crippen LogP contribution in [0.2, 0.25) is 5.02 Å². The first-order valence-corrected chi connectivity index (χ1v) is 13.9. The number of nitrogens with zero attached hydrogens (tertiary/aromatic N) is 8. The molecule has 0 bridgehead atoms. The first-order chi connectivity index (χ1) is 20.9. The highest BCUT2D eigenvalue weighted by molar-refractivity contribution is 6.31. The van der Waals surface area contributed by atoms with Crippen LogP contribution in [0.4, 0.5) is 0 Å². The lowest BCUT2D eigenvalue weighted by Gasteiger charge is -2.29. The highest BCUT2D eigenvalue weighted by atomic mass is 35.5. The SMILES string of the molecule is O=C(O)c1ccc(-c2cnn(C(CC(=O)N3CCNCC3)c3ccc(-c4cc(Cl)ccc4-n4cnnn4)c[n+]3[O-])c2)cc1. The molecular formula is C29H26ClN9O4. The highest BCUT2D eigenvalue weighted by Crippen LogP contribution is 2.31. The van der Waals surface area contributed by atoms with Crippen LogP contribution in [0.25, 0.3) is 27.9 Å². The Balaban J connectivity index is 1.37. The number of carbonyl (C=O) groups is 2. The summed E-state index contributed by atoms with van der Waals surface area (Å²) in [7, 11) is 0. The topological polar surface area (TPSA) is 158 Å². The minimum absolute atomic E-state index is 0.0215. The van der Waals surface area contributed by atoms with E-state index in [0.717, 1.165) is 15.9 Å². The predicted octanol–water partition coefficient (Wildman–Crippen LogP) is 2.59. The number of halogens is 1. The van der Waals surface area contributed by atoms with Crippen molar-refractivity contribution in [2.75, 3.05) is 26.2 Å². The first kappa shape index (κ1) is 28.0. The smallest absolute Gasteiger partial charge is 0.335 e. The van der Waals surface area contributed by atoms with Crippen molar-refractivity contribution in [3.63, 3.8) is 0 Å². The van der Waals surface area contributed by atoms with E-state index in [1.807, 2.05) is 0 Å². The summed E-state index contributed by atoms with van der Waals surface area (Å²) in [5.74, 6) is -1.10. The zero-order valence-corrected chi connectivity index (χ0v) is 23.5. The van der Waals surface area contributed by atoms with E-state index in [2.05, 4.69) is 25.9 Å². The lowest BCUT2D eigenvalue weighted by molar-refractivity contribution is -0.615. The molecule has 0 aliphatic carbocycles. The van der Waals surface area contributed by atoms with Gasteiger partial charge in [0, 0.05) is 60.2 Å². The summed E-state index contributed by atoms with van der Waals surface area (Å²) >= 11 is 6.30. The van der Waals surface area contributed by atoms with Crippen molar-refractivity contribution >= 4 is 23.5 Å². The molecule has 0 spiro atoms. The lowest BCUT2D eigenvalue weighted by atomic mass is 10.0. The van der Waals surface area contributed by atoms with Gasteiger partial charge in [-0.05, 0) is 52.4 Å². The second-order valence-corrected chi connectivity index (χ2v) is 10.5. The Kier molecular flexibility index (Phi) is 7.81. The van der Waals surface area contributed by atoms with Gasteiger partial charge in [0.05, 0.1) is 23.9 Å². The molecule has 43 heavy (non-hydrogen) atoms. The summed E-state index contributed by atoms with van der Waals surface area (Å²) in [6.07, 6.45) is 6.30. The molecule has 2 aromatic carbocycles. The van der Waals surface area contributed by atoms with Crippen molar-refractivity contribution in [2.45, 2.75) is 12.5 Å². The molecule has 5 aromatic rings. The Bertz CT molecular complexity index is 1770. The Labute approximate surface area is 250 Å². The molecule has 4 heterocycles. The van der Waals surface area contributed by atoms with Crippen molar-refractivity contribution in [2.24, 2.45) is 0 Å². The van der Waals surface area contributed by atoms with Crippen LogP contribution in [0.1, 0.15) is 28.5 Å². The van der Waals surface area contributed by atoms with Crippen LogP contribution in [0.15, 0.2) is 79.5 Å². The molecule has 3 aromatic heterocycles. The van der Waals surface area contributed by atoms with E-state index < -0.39 is 12.0 Å². The number of aromatic nitrogens is 7. The van der Waals surface area contributed by atoms with E-state index >= 15 is 0 Å². The fourth-order valence-electron chi connectivity index (χ4n) is 5.13. The summed E-state index contributed by atoms with van der Waals surface area (Å²) in [6, 6.07) is 14.4. The van der Waals surface area contributed by atoms with Gasteiger partial charge in [0.2, 0.25) is 11.6 Å². The van der Waals surface area contributed by atoms with Crippen LogP contribution in [0.5, 0.6) is 0 Å². The van der Waals surface area contributed by atoms with Gasteiger partial charge in [-0.15, -0.1) is 5.10 Å². The van der Waals surface area contributed by atoms with Crippen molar-refractivity contribution < 1.29 is 19.4 Å². The summed E-state index contributed by atoms with van der Waals surface area (Å²) < 4.78 is 3.84. The number of rotatable bonds is 8. The summed E-state index contributed by atoms with van der Waals surface area (Å²) in [6.45, 7) is 2.57. The van der Waals surface area contributed by atoms with E-state index in [-0.39, 0.29) is 17.9 Å². The Morgan fingerprint density at radius 3 is 2.51 bits per heavy atom. The van der Waals surface area contributed by atoms with Crippen LogP contribution >= 0.6 is 11.6 Å². The van der Waals surface area contributed by atoms with Gasteiger partial charge >= 0.3 is 5.97 Å². The fourth-order valence-corrected chi connectivity index (χ4v) is 5.30. The largest absolute Gasteiger partial charge is 0.618 e. The second-order valence-electron chi connectivity index (χ2n) is 10.0. The van der Waals surface area contributed by atoms with Gasteiger partial charge in [0.15, 0.2) is 6.20 Å². The van der Waals surface area contributed by atoms with Gasteiger partial charge in [0.1, 0.15) is 12.4 Å². The standard InChI is InChI=1S/C29H26ClN9O4/c30-23-6-8-25(38-18-32-34-35-38)24(13-23)21-5-7-26(39(43)17-21)27(14-28(40)36-11-9-31-10-12-36)37-16-22(15-33-37)19-1-3-20(4-2-19)29(41)42/h1-8,13,15-18,27,31H,9-12,14H2,(H,41,42). The number of piperazine rings is 1. The van der Waals surface area contributed by atoms with Crippen LogP contribution in [-0.2, 0) is 4.79 Å². The zero-order valence-electron chi connectivity index (χ0n) is 22.7. The third kappa shape index (κ3) is 5.94. The fraction of sp³-hybridized carbons (Fsp3) is 0.207. The van der Waals surface area contributed by atoms with Gasteiger partial charge in [-0.2, -0.15) is 14.5 Å². The summed E-state index contributed by atoms with van der Waals surface area (Å²) in [5.41, 5.74) is 3.84. The Hall–Kier alpha value is -5.14. The van der Waals surface area contributed by atoms with Gasteiger partial charge < -0.3 is 20.5 Å². The molecule has 0 radical (unpaired) electrons. The maximum atomic E-state index is 13.7. The number of hydrogen-bond donors (Lipinski definition) is 2. The van der Waals surface area contributed by atoms with Gasteiger partial charge in [0.25, 0.3) is 0 Å². The summed E-state index contributed by atoms with van der Waals surface area (Å²) in [4.78, 5) is 26.5. The molecule has 1 fully saturated rings. The number of carboxylic acids is 1.